The minimum absolute atomic E-state index is 0.0337. The number of hydrogen-bond acceptors (Lipinski definition) is 3. The molecule has 17 heavy (non-hydrogen) atoms. The quantitative estimate of drug-likeness (QED) is 0.803. The largest absolute Gasteiger partial charge is 0.508 e. The zero-order valence-corrected chi connectivity index (χ0v) is 10.1. The number of carbonyl (C=O) groups is 1. The third kappa shape index (κ3) is 2.42. The molecule has 1 N–H and O–H groups in total. The summed E-state index contributed by atoms with van der Waals surface area (Å²) in [5, 5.41) is 9.60. The Balaban J connectivity index is 2.22. The summed E-state index contributed by atoms with van der Waals surface area (Å²) in [4.78, 5) is 14.1. The predicted molar refractivity (Wildman–Crippen MR) is 64.2 cm³/mol. The van der Waals surface area contributed by atoms with Gasteiger partial charge in [-0.15, -0.1) is 0 Å². The molecular weight excluding hydrogens is 218 g/mol. The lowest BCUT2D eigenvalue weighted by Crippen LogP contribution is -2.44. The van der Waals surface area contributed by atoms with Crippen molar-refractivity contribution in [1.82, 2.24) is 4.90 Å². The van der Waals surface area contributed by atoms with Crippen molar-refractivity contribution in [2.75, 3.05) is 19.7 Å². The van der Waals surface area contributed by atoms with Crippen LogP contribution in [0, 0.1) is 6.92 Å². The lowest BCUT2D eigenvalue weighted by molar-refractivity contribution is -0.0124. The van der Waals surface area contributed by atoms with Crippen LogP contribution in [0.4, 0.5) is 0 Å². The van der Waals surface area contributed by atoms with Crippen LogP contribution in [0.2, 0.25) is 0 Å². The summed E-state index contributed by atoms with van der Waals surface area (Å²) >= 11 is 0. The van der Waals surface area contributed by atoms with E-state index in [1.54, 1.807) is 30.0 Å². The van der Waals surface area contributed by atoms with Crippen LogP contribution in [0.1, 0.15) is 22.8 Å². The van der Waals surface area contributed by atoms with Gasteiger partial charge in [-0.2, -0.15) is 0 Å². The smallest absolute Gasteiger partial charge is 0.254 e. The van der Waals surface area contributed by atoms with Crippen LogP contribution in [0.25, 0.3) is 0 Å². The number of amides is 1. The van der Waals surface area contributed by atoms with E-state index in [1.807, 2.05) is 6.92 Å². The maximum absolute atomic E-state index is 12.3. The van der Waals surface area contributed by atoms with Crippen molar-refractivity contribution in [3.05, 3.63) is 29.3 Å². The molecule has 0 aromatic heterocycles. The number of carbonyl (C=O) groups excluding carboxylic acids is 1. The number of aromatic hydroxyl groups is 1. The molecule has 0 spiro atoms. The second-order valence-electron chi connectivity index (χ2n) is 4.38. The van der Waals surface area contributed by atoms with Crippen LogP contribution in [-0.2, 0) is 4.74 Å². The van der Waals surface area contributed by atoms with Gasteiger partial charge in [0.15, 0.2) is 0 Å². The zero-order valence-electron chi connectivity index (χ0n) is 10.1. The van der Waals surface area contributed by atoms with Crippen LogP contribution in [0.15, 0.2) is 18.2 Å². The van der Waals surface area contributed by atoms with Crippen LogP contribution in [-0.4, -0.2) is 41.7 Å². The third-order valence-electron chi connectivity index (χ3n) is 3.06. The van der Waals surface area contributed by atoms with Crippen molar-refractivity contribution in [3.63, 3.8) is 0 Å². The fourth-order valence-corrected chi connectivity index (χ4v) is 2.03. The second-order valence-corrected chi connectivity index (χ2v) is 4.38. The summed E-state index contributed by atoms with van der Waals surface area (Å²) < 4.78 is 5.40. The minimum atomic E-state index is -0.0337. The van der Waals surface area contributed by atoms with E-state index >= 15 is 0 Å². The van der Waals surface area contributed by atoms with E-state index in [4.69, 9.17) is 4.74 Å². The van der Waals surface area contributed by atoms with Crippen LogP contribution in [0.5, 0.6) is 5.75 Å². The molecule has 1 heterocycles. The van der Waals surface area contributed by atoms with Gasteiger partial charge < -0.3 is 14.7 Å². The maximum Gasteiger partial charge on any atom is 0.254 e. The van der Waals surface area contributed by atoms with Gasteiger partial charge >= 0.3 is 0 Å². The summed E-state index contributed by atoms with van der Waals surface area (Å²) in [5.41, 5.74) is 1.20. The molecule has 92 valence electrons. The number of ether oxygens (including phenoxy) is 1. The molecule has 1 aliphatic rings. The van der Waals surface area contributed by atoms with Crippen LogP contribution >= 0.6 is 0 Å². The molecule has 1 saturated heterocycles. The van der Waals surface area contributed by atoms with Crippen molar-refractivity contribution in [3.8, 4) is 5.75 Å². The highest BCUT2D eigenvalue weighted by Gasteiger charge is 2.23. The first kappa shape index (κ1) is 11.9. The first-order valence-electron chi connectivity index (χ1n) is 5.79. The fourth-order valence-electron chi connectivity index (χ4n) is 2.03. The summed E-state index contributed by atoms with van der Waals surface area (Å²) in [6.07, 6.45) is 0.0744. The number of phenolic OH excluding ortho intramolecular Hbond substituents is 1. The molecule has 1 aromatic rings. The number of phenols is 1. The molecular formula is C13H17NO3. The Morgan fingerprint density at radius 1 is 1.53 bits per heavy atom. The average Bonchev–Trinajstić information content (AvgIpc) is 2.32. The van der Waals surface area contributed by atoms with Gasteiger partial charge in [-0.3, -0.25) is 4.79 Å². The number of rotatable bonds is 1. The van der Waals surface area contributed by atoms with Crippen molar-refractivity contribution in [2.45, 2.75) is 20.0 Å². The lowest BCUT2D eigenvalue weighted by Gasteiger charge is -2.31. The van der Waals surface area contributed by atoms with Crippen LogP contribution in [0.3, 0.4) is 0 Å². The SMILES string of the molecule is Cc1c(O)cccc1C(=O)N1CCOC(C)C1. The Bertz CT molecular complexity index is 431. The Labute approximate surface area is 101 Å². The Hall–Kier alpha value is -1.55. The number of morpholine rings is 1. The molecule has 0 saturated carbocycles. The van der Waals surface area contributed by atoms with Crippen molar-refractivity contribution in [2.24, 2.45) is 0 Å². The number of hydrogen-bond donors (Lipinski definition) is 1. The van der Waals surface area contributed by atoms with Gasteiger partial charge in [0.1, 0.15) is 5.75 Å². The van der Waals surface area contributed by atoms with E-state index in [9.17, 15) is 9.90 Å². The van der Waals surface area contributed by atoms with E-state index in [2.05, 4.69) is 0 Å². The lowest BCUT2D eigenvalue weighted by atomic mass is 10.1. The molecule has 1 amide bonds. The van der Waals surface area contributed by atoms with E-state index < -0.39 is 0 Å². The fraction of sp³-hybridized carbons (Fsp3) is 0.462. The first-order valence-corrected chi connectivity index (χ1v) is 5.79. The van der Waals surface area contributed by atoms with Gasteiger partial charge in [-0.1, -0.05) is 6.07 Å². The maximum atomic E-state index is 12.3. The highest BCUT2D eigenvalue weighted by Crippen LogP contribution is 2.21. The Kier molecular flexibility index (Phi) is 3.33. The van der Waals surface area contributed by atoms with Gasteiger partial charge in [0.05, 0.1) is 12.7 Å². The third-order valence-corrected chi connectivity index (χ3v) is 3.06. The van der Waals surface area contributed by atoms with E-state index in [0.717, 1.165) is 0 Å². The Morgan fingerprint density at radius 3 is 3.00 bits per heavy atom. The highest BCUT2D eigenvalue weighted by molar-refractivity contribution is 5.96. The van der Waals surface area contributed by atoms with Gasteiger partial charge in [-0.25, -0.2) is 0 Å². The molecule has 1 aromatic carbocycles. The molecule has 0 aliphatic carbocycles. The van der Waals surface area contributed by atoms with E-state index in [0.29, 0.717) is 30.8 Å². The number of nitrogens with zero attached hydrogens (tertiary/aromatic N) is 1. The average molecular weight is 235 g/mol. The van der Waals surface area contributed by atoms with Gasteiger partial charge in [-0.05, 0) is 26.0 Å². The zero-order chi connectivity index (χ0) is 12.4. The minimum Gasteiger partial charge on any atom is -0.508 e. The molecule has 1 fully saturated rings. The second kappa shape index (κ2) is 4.75. The van der Waals surface area contributed by atoms with Gasteiger partial charge in [0.25, 0.3) is 5.91 Å². The molecule has 4 nitrogen and oxygen atoms in total. The van der Waals surface area contributed by atoms with E-state index in [-0.39, 0.29) is 17.8 Å². The molecule has 4 heteroatoms. The molecule has 1 aliphatic heterocycles. The van der Waals surface area contributed by atoms with Gasteiger partial charge in [0, 0.05) is 24.2 Å². The van der Waals surface area contributed by atoms with Gasteiger partial charge in [0.2, 0.25) is 0 Å². The molecule has 1 unspecified atom stereocenters. The molecule has 2 rings (SSSR count). The van der Waals surface area contributed by atoms with E-state index in [1.165, 1.54) is 0 Å². The van der Waals surface area contributed by atoms with Crippen LogP contribution < -0.4 is 0 Å². The monoisotopic (exact) mass is 235 g/mol. The summed E-state index contributed by atoms with van der Waals surface area (Å²) in [7, 11) is 0. The van der Waals surface area contributed by atoms with Crippen molar-refractivity contribution >= 4 is 5.91 Å². The van der Waals surface area contributed by atoms with Crippen molar-refractivity contribution < 1.29 is 14.6 Å². The Morgan fingerprint density at radius 2 is 2.29 bits per heavy atom. The molecule has 0 bridgehead atoms. The predicted octanol–water partition coefficient (Wildman–Crippen LogP) is 1.56. The number of benzene rings is 1. The molecule has 0 radical (unpaired) electrons. The van der Waals surface area contributed by atoms with Crippen molar-refractivity contribution in [1.29, 1.82) is 0 Å². The highest BCUT2D eigenvalue weighted by atomic mass is 16.5. The summed E-state index contributed by atoms with van der Waals surface area (Å²) in [6, 6.07) is 5.03. The topological polar surface area (TPSA) is 49.8 Å². The summed E-state index contributed by atoms with van der Waals surface area (Å²) in [6.45, 7) is 5.50. The standard InChI is InChI=1S/C13H17NO3/c1-9-8-14(6-7-17-9)13(16)11-4-3-5-12(15)10(11)2/h3-5,9,15H,6-8H2,1-2H3. The normalized spacial score (nSPS) is 20.4. The molecule has 1 atom stereocenters. The summed E-state index contributed by atoms with van der Waals surface area (Å²) in [5.74, 6) is 0.130. The first-order chi connectivity index (χ1) is 8.09.